The zero-order chi connectivity index (χ0) is 24.2. The average Bonchev–Trinajstić information content (AvgIpc) is 2.86. The van der Waals surface area contributed by atoms with Gasteiger partial charge < -0.3 is 19.6 Å². The van der Waals surface area contributed by atoms with Crippen molar-refractivity contribution in [2.45, 2.75) is 26.9 Å². The SMILES string of the molecule is CCCOC(=O)N1CCN(C(=O)c2ccc3c(Cl)cc(-c4ccc(C)c(CO)c4)nc3c2)CC1. The number of ether oxygens (including phenoxy) is 1. The molecule has 178 valence electrons. The summed E-state index contributed by atoms with van der Waals surface area (Å²) in [5.74, 6) is -0.107. The topological polar surface area (TPSA) is 83.0 Å². The van der Waals surface area contributed by atoms with Crippen LogP contribution in [-0.4, -0.2) is 64.7 Å². The van der Waals surface area contributed by atoms with Crippen LogP contribution >= 0.6 is 11.6 Å². The molecule has 0 saturated carbocycles. The standard InChI is InChI=1S/C26H28ClN3O4/c1-3-12-34-26(33)30-10-8-29(9-11-30)25(32)19-6-7-21-22(27)15-23(28-24(21)14-19)18-5-4-17(2)20(13-18)16-31/h4-7,13-15,31H,3,8-12,16H2,1-2H3. The van der Waals surface area contributed by atoms with Crippen LogP contribution in [-0.2, 0) is 11.3 Å². The number of piperazine rings is 1. The van der Waals surface area contributed by atoms with Crippen molar-refractivity contribution in [3.8, 4) is 11.3 Å². The molecule has 0 aliphatic carbocycles. The molecule has 34 heavy (non-hydrogen) atoms. The number of carbonyl (C=O) groups is 2. The zero-order valence-corrected chi connectivity index (χ0v) is 20.1. The molecule has 0 unspecified atom stereocenters. The minimum Gasteiger partial charge on any atom is -0.449 e. The van der Waals surface area contributed by atoms with Gasteiger partial charge >= 0.3 is 6.09 Å². The third-order valence-corrected chi connectivity index (χ3v) is 6.39. The Morgan fingerprint density at radius 1 is 1.06 bits per heavy atom. The Morgan fingerprint density at radius 2 is 1.79 bits per heavy atom. The second-order valence-electron chi connectivity index (χ2n) is 8.41. The lowest BCUT2D eigenvalue weighted by Gasteiger charge is -2.34. The summed E-state index contributed by atoms with van der Waals surface area (Å²) in [7, 11) is 0. The number of pyridine rings is 1. The Balaban J connectivity index is 1.55. The summed E-state index contributed by atoms with van der Waals surface area (Å²) in [6.07, 6.45) is 0.449. The van der Waals surface area contributed by atoms with Gasteiger partial charge in [0.2, 0.25) is 0 Å². The molecule has 8 heteroatoms. The maximum absolute atomic E-state index is 13.2. The zero-order valence-electron chi connectivity index (χ0n) is 19.4. The van der Waals surface area contributed by atoms with Gasteiger partial charge in [-0.1, -0.05) is 36.7 Å². The number of halogens is 1. The number of benzene rings is 2. The van der Waals surface area contributed by atoms with E-state index in [1.807, 2.05) is 38.1 Å². The van der Waals surface area contributed by atoms with E-state index in [0.29, 0.717) is 54.6 Å². The summed E-state index contributed by atoms with van der Waals surface area (Å²) in [5, 5.41) is 10.9. The number of nitrogens with zero attached hydrogens (tertiary/aromatic N) is 3. The van der Waals surface area contributed by atoms with Gasteiger partial charge in [-0.15, -0.1) is 0 Å². The third kappa shape index (κ3) is 5.00. The largest absolute Gasteiger partial charge is 0.449 e. The van der Waals surface area contributed by atoms with Crippen LogP contribution in [0.1, 0.15) is 34.8 Å². The predicted octanol–water partition coefficient (Wildman–Crippen LogP) is 4.66. The minimum atomic E-state index is -0.327. The summed E-state index contributed by atoms with van der Waals surface area (Å²) < 4.78 is 5.19. The Labute approximate surface area is 203 Å². The summed E-state index contributed by atoms with van der Waals surface area (Å²) >= 11 is 6.55. The first-order valence-electron chi connectivity index (χ1n) is 11.4. The Kier molecular flexibility index (Phi) is 7.34. The average molecular weight is 482 g/mol. The number of rotatable bonds is 5. The van der Waals surface area contributed by atoms with Crippen LogP contribution in [0.4, 0.5) is 4.79 Å². The molecule has 2 heterocycles. The molecule has 7 nitrogen and oxygen atoms in total. The van der Waals surface area contributed by atoms with Crippen LogP contribution in [0.25, 0.3) is 22.2 Å². The van der Waals surface area contributed by atoms with Crippen LogP contribution in [0.3, 0.4) is 0 Å². The quantitative estimate of drug-likeness (QED) is 0.573. The minimum absolute atomic E-state index is 0.0524. The Hall–Kier alpha value is -3.16. The van der Waals surface area contributed by atoms with Crippen molar-refractivity contribution in [2.75, 3.05) is 32.8 Å². The van der Waals surface area contributed by atoms with Crippen molar-refractivity contribution < 1.29 is 19.4 Å². The molecule has 1 N–H and O–H groups in total. The van der Waals surface area contributed by atoms with E-state index >= 15 is 0 Å². The number of aromatic nitrogens is 1. The highest BCUT2D eigenvalue weighted by Gasteiger charge is 2.26. The number of hydrogen-bond donors (Lipinski definition) is 1. The lowest BCUT2D eigenvalue weighted by atomic mass is 10.0. The predicted molar refractivity (Wildman–Crippen MR) is 132 cm³/mol. The van der Waals surface area contributed by atoms with E-state index in [1.54, 1.807) is 28.0 Å². The third-order valence-electron chi connectivity index (χ3n) is 6.08. The molecule has 0 atom stereocenters. The molecule has 1 aromatic heterocycles. The van der Waals surface area contributed by atoms with Gasteiger partial charge in [0.1, 0.15) is 0 Å². The summed E-state index contributed by atoms with van der Waals surface area (Å²) in [6, 6.07) is 12.9. The molecule has 4 rings (SSSR count). The van der Waals surface area contributed by atoms with E-state index in [4.69, 9.17) is 21.3 Å². The maximum Gasteiger partial charge on any atom is 0.409 e. The van der Waals surface area contributed by atoms with Crippen LogP contribution in [0, 0.1) is 6.92 Å². The molecule has 3 aromatic rings. The number of amides is 2. The number of aliphatic hydroxyl groups is 1. The van der Waals surface area contributed by atoms with Crippen molar-refractivity contribution in [2.24, 2.45) is 0 Å². The van der Waals surface area contributed by atoms with Crippen molar-refractivity contribution in [1.29, 1.82) is 0 Å². The molecule has 0 bridgehead atoms. The summed E-state index contributed by atoms with van der Waals surface area (Å²) in [5.41, 5.74) is 4.51. The van der Waals surface area contributed by atoms with Crippen LogP contribution in [0.5, 0.6) is 0 Å². The fourth-order valence-corrected chi connectivity index (χ4v) is 4.29. The van der Waals surface area contributed by atoms with E-state index in [-0.39, 0.29) is 18.6 Å². The highest BCUT2D eigenvalue weighted by molar-refractivity contribution is 6.35. The number of hydrogen-bond acceptors (Lipinski definition) is 5. The molecule has 0 spiro atoms. The van der Waals surface area contributed by atoms with Gasteiger partial charge in [-0.3, -0.25) is 4.79 Å². The van der Waals surface area contributed by atoms with Gasteiger partial charge in [-0.05, 0) is 48.7 Å². The Bertz CT molecular complexity index is 1220. The number of aryl methyl sites for hydroxylation is 1. The lowest BCUT2D eigenvalue weighted by Crippen LogP contribution is -2.50. The molecular formula is C26H28ClN3O4. The number of carbonyl (C=O) groups excluding carboxylic acids is 2. The van der Waals surface area contributed by atoms with E-state index < -0.39 is 0 Å². The normalized spacial score (nSPS) is 13.9. The lowest BCUT2D eigenvalue weighted by molar-refractivity contribution is 0.0560. The first-order chi connectivity index (χ1) is 16.4. The fraction of sp³-hybridized carbons (Fsp3) is 0.346. The Morgan fingerprint density at radius 3 is 2.50 bits per heavy atom. The van der Waals surface area contributed by atoms with E-state index in [0.717, 1.165) is 28.5 Å². The van der Waals surface area contributed by atoms with Gasteiger partial charge in [0.05, 0.1) is 29.4 Å². The molecule has 1 aliphatic rings. The first-order valence-corrected chi connectivity index (χ1v) is 11.8. The summed E-state index contributed by atoms with van der Waals surface area (Å²) in [6.45, 7) is 6.01. The van der Waals surface area contributed by atoms with Crippen molar-refractivity contribution in [3.63, 3.8) is 0 Å². The molecular weight excluding hydrogens is 454 g/mol. The maximum atomic E-state index is 13.2. The highest BCUT2D eigenvalue weighted by atomic mass is 35.5. The number of fused-ring (bicyclic) bond motifs is 1. The molecule has 2 amide bonds. The van der Waals surface area contributed by atoms with Crippen LogP contribution in [0.15, 0.2) is 42.5 Å². The molecule has 1 aliphatic heterocycles. The molecule has 0 radical (unpaired) electrons. The van der Waals surface area contributed by atoms with Gasteiger partial charge in [-0.2, -0.15) is 0 Å². The second-order valence-corrected chi connectivity index (χ2v) is 8.82. The fourth-order valence-electron chi connectivity index (χ4n) is 4.02. The van der Waals surface area contributed by atoms with Crippen LogP contribution in [0.2, 0.25) is 5.02 Å². The van der Waals surface area contributed by atoms with Crippen molar-refractivity contribution >= 4 is 34.5 Å². The first kappa shape index (κ1) is 24.0. The summed E-state index contributed by atoms with van der Waals surface area (Å²) in [4.78, 5) is 33.3. The van der Waals surface area contributed by atoms with Crippen molar-refractivity contribution in [3.05, 3.63) is 64.2 Å². The van der Waals surface area contributed by atoms with E-state index in [9.17, 15) is 14.7 Å². The van der Waals surface area contributed by atoms with E-state index in [1.165, 1.54) is 0 Å². The molecule has 1 saturated heterocycles. The highest BCUT2D eigenvalue weighted by Crippen LogP contribution is 2.30. The molecule has 2 aromatic carbocycles. The van der Waals surface area contributed by atoms with Gasteiger partial charge in [0.25, 0.3) is 5.91 Å². The van der Waals surface area contributed by atoms with Gasteiger partial charge in [-0.25, -0.2) is 9.78 Å². The molecule has 1 fully saturated rings. The van der Waals surface area contributed by atoms with Gasteiger partial charge in [0.15, 0.2) is 0 Å². The van der Waals surface area contributed by atoms with Crippen molar-refractivity contribution in [1.82, 2.24) is 14.8 Å². The van der Waals surface area contributed by atoms with Gasteiger partial charge in [0, 0.05) is 42.7 Å². The smallest absolute Gasteiger partial charge is 0.409 e. The van der Waals surface area contributed by atoms with E-state index in [2.05, 4.69) is 0 Å². The monoisotopic (exact) mass is 481 g/mol. The number of aliphatic hydroxyl groups excluding tert-OH is 1. The van der Waals surface area contributed by atoms with Crippen LogP contribution < -0.4 is 0 Å². The second kappa shape index (κ2) is 10.4.